The van der Waals surface area contributed by atoms with Crippen LogP contribution in [-0.2, 0) is 22.3 Å². The van der Waals surface area contributed by atoms with Gasteiger partial charge in [0.1, 0.15) is 5.82 Å². The van der Waals surface area contributed by atoms with E-state index >= 15 is 0 Å². The number of alkyl halides is 3. The molecule has 0 saturated heterocycles. The highest BCUT2D eigenvalue weighted by Gasteiger charge is 2.39. The van der Waals surface area contributed by atoms with Gasteiger partial charge in [0.05, 0.1) is 17.7 Å². The maximum absolute atomic E-state index is 13.0. The van der Waals surface area contributed by atoms with Gasteiger partial charge in [-0.2, -0.15) is 13.2 Å². The second-order valence-electron chi connectivity index (χ2n) is 5.63. The van der Waals surface area contributed by atoms with Crippen molar-refractivity contribution in [1.82, 2.24) is 4.90 Å². The van der Waals surface area contributed by atoms with Crippen LogP contribution in [0.2, 0.25) is 0 Å². The van der Waals surface area contributed by atoms with Gasteiger partial charge in [-0.05, 0) is 35.4 Å². The monoisotopic (exact) mass is 365 g/mol. The summed E-state index contributed by atoms with van der Waals surface area (Å²) in [6.07, 6.45) is -4.56. The van der Waals surface area contributed by atoms with Crippen LogP contribution in [-0.4, -0.2) is 21.8 Å². The first-order chi connectivity index (χ1) is 12.2. The van der Waals surface area contributed by atoms with E-state index in [1.165, 1.54) is 18.2 Å². The number of benzene rings is 2. The zero-order valence-corrected chi connectivity index (χ0v) is 13.0. The lowest BCUT2D eigenvalue weighted by Crippen LogP contribution is -2.31. The first-order valence-electron chi connectivity index (χ1n) is 7.40. The van der Waals surface area contributed by atoms with Gasteiger partial charge in [-0.25, -0.2) is 4.39 Å². The molecule has 0 spiro atoms. The van der Waals surface area contributed by atoms with Gasteiger partial charge in [-0.3, -0.25) is 14.5 Å². The minimum atomic E-state index is -4.56. The Morgan fingerprint density at radius 1 is 0.962 bits per heavy atom. The third kappa shape index (κ3) is 3.17. The van der Waals surface area contributed by atoms with E-state index in [1.54, 1.807) is 0 Å². The summed E-state index contributed by atoms with van der Waals surface area (Å²) in [4.78, 5) is 25.3. The number of imide groups is 1. The van der Waals surface area contributed by atoms with Gasteiger partial charge in [0.25, 0.3) is 11.8 Å². The zero-order chi connectivity index (χ0) is 19.1. The van der Waals surface area contributed by atoms with Crippen LogP contribution in [0.3, 0.4) is 0 Å². The Hall–Kier alpha value is -3.16. The third-order valence-electron chi connectivity index (χ3n) is 3.87. The van der Waals surface area contributed by atoms with Crippen LogP contribution >= 0.6 is 0 Å². The molecular formula is C18H11F4NO3. The predicted molar refractivity (Wildman–Crippen MR) is 82.9 cm³/mol. The smallest absolute Gasteiger partial charge is 0.416 e. The molecule has 1 N–H and O–H groups in total. The third-order valence-corrected chi connectivity index (χ3v) is 3.87. The van der Waals surface area contributed by atoms with Crippen molar-refractivity contribution >= 4 is 17.4 Å². The van der Waals surface area contributed by atoms with Crippen LogP contribution in [0.1, 0.15) is 16.7 Å². The van der Waals surface area contributed by atoms with E-state index < -0.39 is 41.7 Å². The number of aliphatic hydroxyl groups excluding tert-OH is 1. The molecule has 2 aromatic rings. The number of carbonyl (C=O) groups excluding carboxylic acids is 2. The minimum absolute atomic E-state index is 0.0784. The molecule has 0 bridgehead atoms. The maximum Gasteiger partial charge on any atom is 0.416 e. The number of hydrogen-bond acceptors (Lipinski definition) is 3. The summed E-state index contributed by atoms with van der Waals surface area (Å²) < 4.78 is 51.4. The summed E-state index contributed by atoms with van der Waals surface area (Å²) in [6, 6.07) is 8.76. The first kappa shape index (κ1) is 17.7. The van der Waals surface area contributed by atoms with Gasteiger partial charge in [0.15, 0.2) is 5.76 Å². The van der Waals surface area contributed by atoms with Crippen LogP contribution < -0.4 is 0 Å². The van der Waals surface area contributed by atoms with E-state index in [9.17, 15) is 32.3 Å². The molecule has 0 atom stereocenters. The van der Waals surface area contributed by atoms with Crippen LogP contribution in [0.5, 0.6) is 0 Å². The average molecular weight is 365 g/mol. The molecule has 1 heterocycles. The predicted octanol–water partition coefficient (Wildman–Crippen LogP) is 3.68. The van der Waals surface area contributed by atoms with Crippen molar-refractivity contribution < 1.29 is 32.3 Å². The highest BCUT2D eigenvalue weighted by atomic mass is 19.4. The largest absolute Gasteiger partial charge is 0.502 e. The topological polar surface area (TPSA) is 57.6 Å². The van der Waals surface area contributed by atoms with Crippen molar-refractivity contribution in [2.75, 3.05) is 0 Å². The van der Waals surface area contributed by atoms with Crippen LogP contribution in [0.4, 0.5) is 17.6 Å². The zero-order valence-electron chi connectivity index (χ0n) is 13.0. The van der Waals surface area contributed by atoms with Crippen molar-refractivity contribution in [3.05, 3.63) is 76.8 Å². The summed E-state index contributed by atoms with van der Waals surface area (Å²) in [5.74, 6) is -3.27. The second kappa shape index (κ2) is 6.29. The Morgan fingerprint density at radius 3 is 2.23 bits per heavy atom. The van der Waals surface area contributed by atoms with Gasteiger partial charge >= 0.3 is 6.18 Å². The Balaban J connectivity index is 1.89. The molecule has 0 saturated carbocycles. The molecule has 0 aliphatic carbocycles. The van der Waals surface area contributed by atoms with E-state index in [-0.39, 0.29) is 16.7 Å². The quantitative estimate of drug-likeness (QED) is 0.667. The molecule has 3 rings (SSSR count). The normalized spacial score (nSPS) is 15.2. The van der Waals surface area contributed by atoms with Crippen molar-refractivity contribution in [3.8, 4) is 0 Å². The molecule has 2 amide bonds. The van der Waals surface area contributed by atoms with Crippen LogP contribution in [0, 0.1) is 5.82 Å². The molecule has 8 heteroatoms. The fraction of sp³-hybridized carbons (Fsp3) is 0.111. The lowest BCUT2D eigenvalue weighted by atomic mass is 10.1. The summed E-state index contributed by atoms with van der Waals surface area (Å²) in [5, 5.41) is 9.98. The summed E-state index contributed by atoms with van der Waals surface area (Å²) in [5.41, 5.74) is -1.02. The van der Waals surface area contributed by atoms with E-state index in [2.05, 4.69) is 0 Å². The average Bonchev–Trinajstić information content (AvgIpc) is 2.79. The van der Waals surface area contributed by atoms with Crippen molar-refractivity contribution in [1.29, 1.82) is 0 Å². The van der Waals surface area contributed by atoms with E-state index in [0.29, 0.717) is 4.90 Å². The molecule has 1 aliphatic rings. The Kier molecular flexibility index (Phi) is 4.27. The van der Waals surface area contributed by atoms with E-state index in [4.69, 9.17) is 0 Å². The molecule has 0 fully saturated rings. The molecule has 0 unspecified atom stereocenters. The van der Waals surface area contributed by atoms with E-state index in [1.807, 2.05) is 0 Å². The molecule has 1 aliphatic heterocycles. The number of carbonyl (C=O) groups is 2. The molecular weight excluding hydrogens is 354 g/mol. The van der Waals surface area contributed by atoms with Crippen molar-refractivity contribution in [3.63, 3.8) is 0 Å². The van der Waals surface area contributed by atoms with E-state index in [0.717, 1.165) is 30.3 Å². The minimum Gasteiger partial charge on any atom is -0.502 e. The Labute approximate surface area is 145 Å². The van der Waals surface area contributed by atoms with Gasteiger partial charge in [0, 0.05) is 0 Å². The van der Waals surface area contributed by atoms with Crippen molar-refractivity contribution in [2.45, 2.75) is 12.7 Å². The Bertz CT molecular complexity index is 917. The number of halogens is 4. The number of hydrogen-bond donors (Lipinski definition) is 1. The number of aliphatic hydroxyl groups is 1. The molecule has 26 heavy (non-hydrogen) atoms. The van der Waals surface area contributed by atoms with Gasteiger partial charge in [0.2, 0.25) is 0 Å². The Morgan fingerprint density at radius 2 is 1.62 bits per heavy atom. The number of amides is 2. The fourth-order valence-corrected chi connectivity index (χ4v) is 2.61. The lowest BCUT2D eigenvalue weighted by Gasteiger charge is -2.16. The molecule has 2 aromatic carbocycles. The van der Waals surface area contributed by atoms with Crippen LogP contribution in [0.25, 0.3) is 5.57 Å². The standard InChI is InChI=1S/C18H11F4NO3/c19-13-6-4-11(5-7-13)14-15(24)17(26)23(16(14)25)9-10-2-1-3-12(8-10)18(20,21)22/h1-8,24H,9H2. The van der Waals surface area contributed by atoms with Crippen LogP contribution in [0.15, 0.2) is 54.3 Å². The number of nitrogens with zero attached hydrogens (tertiary/aromatic N) is 1. The molecule has 4 nitrogen and oxygen atoms in total. The summed E-state index contributed by atoms with van der Waals surface area (Å²) >= 11 is 0. The second-order valence-corrected chi connectivity index (χ2v) is 5.63. The molecule has 134 valence electrons. The summed E-state index contributed by atoms with van der Waals surface area (Å²) in [6.45, 7) is -0.434. The van der Waals surface area contributed by atoms with Gasteiger partial charge in [-0.15, -0.1) is 0 Å². The molecule has 0 aromatic heterocycles. The van der Waals surface area contributed by atoms with Gasteiger partial charge in [-0.1, -0.05) is 24.3 Å². The first-order valence-corrected chi connectivity index (χ1v) is 7.40. The number of rotatable bonds is 3. The highest BCUT2D eigenvalue weighted by molar-refractivity contribution is 6.34. The highest BCUT2D eigenvalue weighted by Crippen LogP contribution is 2.32. The van der Waals surface area contributed by atoms with Gasteiger partial charge < -0.3 is 5.11 Å². The SMILES string of the molecule is O=C1C(O)=C(c2ccc(F)cc2)C(=O)N1Cc1cccc(C(F)(F)F)c1. The summed E-state index contributed by atoms with van der Waals surface area (Å²) in [7, 11) is 0. The lowest BCUT2D eigenvalue weighted by molar-refractivity contribution is -0.138. The fourth-order valence-electron chi connectivity index (χ4n) is 2.61. The maximum atomic E-state index is 13.0. The molecule has 0 radical (unpaired) electrons. The van der Waals surface area contributed by atoms with Crippen molar-refractivity contribution in [2.24, 2.45) is 0 Å².